The minimum absolute atomic E-state index is 0.132. The first-order valence-corrected chi connectivity index (χ1v) is 5.17. The standard InChI is InChI=1S/C11H21N3/c1-9(2)14-10(6-7-13-14)8-11(3,4)12-5/h6-7,9,12H,8H2,1-5H3. The molecule has 0 aliphatic rings. The second-order valence-corrected chi connectivity index (χ2v) is 4.67. The molecule has 80 valence electrons. The molecular formula is C11H21N3. The van der Waals surface area contributed by atoms with E-state index in [9.17, 15) is 0 Å². The van der Waals surface area contributed by atoms with Crippen molar-refractivity contribution in [2.24, 2.45) is 0 Å². The van der Waals surface area contributed by atoms with Gasteiger partial charge in [0, 0.05) is 29.9 Å². The molecule has 1 rings (SSSR count). The molecule has 0 aromatic carbocycles. The van der Waals surface area contributed by atoms with Gasteiger partial charge in [-0.05, 0) is 40.8 Å². The summed E-state index contributed by atoms with van der Waals surface area (Å²) >= 11 is 0. The third-order valence-electron chi connectivity index (χ3n) is 2.54. The molecular weight excluding hydrogens is 174 g/mol. The minimum atomic E-state index is 0.132. The number of hydrogen-bond acceptors (Lipinski definition) is 2. The first-order chi connectivity index (χ1) is 6.46. The maximum Gasteiger partial charge on any atom is 0.0492 e. The molecule has 0 amide bonds. The topological polar surface area (TPSA) is 29.9 Å². The Labute approximate surface area is 86.5 Å². The maximum atomic E-state index is 4.32. The smallest absolute Gasteiger partial charge is 0.0492 e. The van der Waals surface area contributed by atoms with Gasteiger partial charge in [0.2, 0.25) is 0 Å². The zero-order valence-corrected chi connectivity index (χ0v) is 9.83. The molecule has 0 radical (unpaired) electrons. The van der Waals surface area contributed by atoms with E-state index in [0.29, 0.717) is 6.04 Å². The fraction of sp³-hybridized carbons (Fsp3) is 0.727. The highest BCUT2D eigenvalue weighted by molar-refractivity contribution is 5.06. The fourth-order valence-electron chi connectivity index (χ4n) is 1.49. The lowest BCUT2D eigenvalue weighted by atomic mass is 9.99. The van der Waals surface area contributed by atoms with Crippen molar-refractivity contribution < 1.29 is 0 Å². The normalized spacial score (nSPS) is 12.4. The summed E-state index contributed by atoms with van der Waals surface area (Å²) in [5.74, 6) is 0. The Morgan fingerprint density at radius 3 is 2.64 bits per heavy atom. The van der Waals surface area contributed by atoms with E-state index in [1.54, 1.807) is 0 Å². The average molecular weight is 195 g/mol. The van der Waals surface area contributed by atoms with Gasteiger partial charge < -0.3 is 5.32 Å². The van der Waals surface area contributed by atoms with E-state index < -0.39 is 0 Å². The second-order valence-electron chi connectivity index (χ2n) is 4.67. The number of hydrogen-bond donors (Lipinski definition) is 1. The molecule has 0 spiro atoms. The lowest BCUT2D eigenvalue weighted by Crippen LogP contribution is -2.39. The number of likely N-dealkylation sites (N-methyl/N-ethyl adjacent to an activating group) is 1. The number of aromatic nitrogens is 2. The molecule has 0 saturated carbocycles. The van der Waals surface area contributed by atoms with Crippen LogP contribution in [0.2, 0.25) is 0 Å². The second kappa shape index (κ2) is 4.13. The van der Waals surface area contributed by atoms with Crippen molar-refractivity contribution in [2.75, 3.05) is 7.05 Å². The van der Waals surface area contributed by atoms with Gasteiger partial charge in [-0.2, -0.15) is 5.10 Å². The zero-order chi connectivity index (χ0) is 10.8. The average Bonchev–Trinajstić information content (AvgIpc) is 2.51. The van der Waals surface area contributed by atoms with Crippen LogP contribution in [0.5, 0.6) is 0 Å². The van der Waals surface area contributed by atoms with Crippen LogP contribution in [0.15, 0.2) is 12.3 Å². The van der Waals surface area contributed by atoms with Gasteiger partial charge >= 0.3 is 0 Å². The van der Waals surface area contributed by atoms with E-state index in [0.717, 1.165) is 6.42 Å². The van der Waals surface area contributed by atoms with Crippen molar-refractivity contribution in [1.82, 2.24) is 15.1 Å². The van der Waals surface area contributed by atoms with Gasteiger partial charge in [0.25, 0.3) is 0 Å². The van der Waals surface area contributed by atoms with E-state index >= 15 is 0 Å². The highest BCUT2D eigenvalue weighted by atomic mass is 15.3. The maximum absolute atomic E-state index is 4.32. The molecule has 3 nitrogen and oxygen atoms in total. The van der Waals surface area contributed by atoms with E-state index in [1.165, 1.54) is 5.69 Å². The Kier molecular flexibility index (Phi) is 3.32. The largest absolute Gasteiger partial charge is 0.314 e. The van der Waals surface area contributed by atoms with Crippen LogP contribution in [0.1, 0.15) is 39.4 Å². The van der Waals surface area contributed by atoms with Gasteiger partial charge in [-0.1, -0.05) is 0 Å². The lowest BCUT2D eigenvalue weighted by molar-refractivity contribution is 0.396. The minimum Gasteiger partial charge on any atom is -0.314 e. The quantitative estimate of drug-likeness (QED) is 0.796. The van der Waals surface area contributed by atoms with Crippen LogP contribution < -0.4 is 5.32 Å². The molecule has 0 unspecified atom stereocenters. The molecule has 0 saturated heterocycles. The summed E-state index contributed by atoms with van der Waals surface area (Å²) < 4.78 is 2.08. The fourth-order valence-corrected chi connectivity index (χ4v) is 1.49. The highest BCUT2D eigenvalue weighted by Gasteiger charge is 2.18. The lowest BCUT2D eigenvalue weighted by Gasteiger charge is -2.24. The van der Waals surface area contributed by atoms with Crippen LogP contribution in [0.3, 0.4) is 0 Å². The van der Waals surface area contributed by atoms with Gasteiger partial charge in [-0.15, -0.1) is 0 Å². The van der Waals surface area contributed by atoms with Crippen molar-refractivity contribution in [3.8, 4) is 0 Å². The Balaban J connectivity index is 2.81. The third kappa shape index (κ3) is 2.58. The van der Waals surface area contributed by atoms with Crippen LogP contribution in [-0.4, -0.2) is 22.4 Å². The number of rotatable bonds is 4. The van der Waals surface area contributed by atoms with Crippen molar-refractivity contribution in [1.29, 1.82) is 0 Å². The summed E-state index contributed by atoms with van der Waals surface area (Å²) in [6.45, 7) is 8.71. The highest BCUT2D eigenvalue weighted by Crippen LogP contribution is 2.15. The molecule has 14 heavy (non-hydrogen) atoms. The number of nitrogens with zero attached hydrogens (tertiary/aromatic N) is 2. The van der Waals surface area contributed by atoms with E-state index in [4.69, 9.17) is 0 Å². The van der Waals surface area contributed by atoms with Gasteiger partial charge in [-0.25, -0.2) is 0 Å². The molecule has 1 aromatic heterocycles. The van der Waals surface area contributed by atoms with E-state index in [-0.39, 0.29) is 5.54 Å². The first kappa shape index (κ1) is 11.2. The van der Waals surface area contributed by atoms with Crippen LogP contribution >= 0.6 is 0 Å². The van der Waals surface area contributed by atoms with Crippen molar-refractivity contribution >= 4 is 0 Å². The van der Waals surface area contributed by atoms with Crippen LogP contribution in [-0.2, 0) is 6.42 Å². The van der Waals surface area contributed by atoms with Gasteiger partial charge in [0.05, 0.1) is 0 Å². The Hall–Kier alpha value is -0.830. The molecule has 0 aliphatic carbocycles. The SMILES string of the molecule is CNC(C)(C)Cc1ccnn1C(C)C. The first-order valence-electron chi connectivity index (χ1n) is 5.17. The molecule has 0 atom stereocenters. The summed E-state index contributed by atoms with van der Waals surface area (Å²) in [5, 5.41) is 7.63. The summed E-state index contributed by atoms with van der Waals surface area (Å²) in [6, 6.07) is 2.53. The van der Waals surface area contributed by atoms with Crippen molar-refractivity contribution in [3.63, 3.8) is 0 Å². The van der Waals surface area contributed by atoms with E-state index in [2.05, 4.69) is 48.9 Å². The van der Waals surface area contributed by atoms with Crippen LogP contribution in [0.4, 0.5) is 0 Å². The van der Waals surface area contributed by atoms with Crippen molar-refractivity contribution in [3.05, 3.63) is 18.0 Å². The summed E-state index contributed by atoms with van der Waals surface area (Å²) in [6.07, 6.45) is 2.88. The molecule has 3 heteroatoms. The zero-order valence-electron chi connectivity index (χ0n) is 9.83. The Morgan fingerprint density at radius 1 is 1.50 bits per heavy atom. The molecule has 0 bridgehead atoms. The molecule has 0 aliphatic heterocycles. The van der Waals surface area contributed by atoms with Crippen LogP contribution in [0.25, 0.3) is 0 Å². The summed E-state index contributed by atoms with van der Waals surface area (Å²) in [7, 11) is 2.00. The molecule has 1 aromatic rings. The van der Waals surface area contributed by atoms with Gasteiger partial charge in [-0.3, -0.25) is 4.68 Å². The van der Waals surface area contributed by atoms with Crippen LogP contribution in [0, 0.1) is 0 Å². The van der Waals surface area contributed by atoms with Crippen molar-refractivity contribution in [2.45, 2.75) is 45.7 Å². The molecule has 1 N–H and O–H groups in total. The predicted molar refractivity (Wildman–Crippen MR) is 59.5 cm³/mol. The van der Waals surface area contributed by atoms with E-state index in [1.807, 2.05) is 13.2 Å². The summed E-state index contributed by atoms with van der Waals surface area (Å²) in [4.78, 5) is 0. The molecule has 1 heterocycles. The third-order valence-corrected chi connectivity index (χ3v) is 2.54. The number of nitrogens with one attached hydrogen (secondary N) is 1. The Bertz CT molecular complexity index is 286. The monoisotopic (exact) mass is 195 g/mol. The summed E-state index contributed by atoms with van der Waals surface area (Å²) in [5.41, 5.74) is 1.42. The van der Waals surface area contributed by atoms with Gasteiger partial charge in [0.1, 0.15) is 0 Å². The predicted octanol–water partition coefficient (Wildman–Crippen LogP) is 2.00. The molecule has 0 fully saturated rings. The van der Waals surface area contributed by atoms with Gasteiger partial charge in [0.15, 0.2) is 0 Å². The Morgan fingerprint density at radius 2 is 2.14 bits per heavy atom.